The fourth-order valence-corrected chi connectivity index (χ4v) is 1.96. The fraction of sp³-hybridized carbons (Fsp3) is 0.462. The second kappa shape index (κ2) is 5.35. The molecule has 0 saturated carbocycles. The third-order valence-electron chi connectivity index (χ3n) is 2.74. The molecule has 3 heteroatoms. The van der Waals surface area contributed by atoms with Crippen LogP contribution in [-0.4, -0.2) is 11.4 Å². The topological polar surface area (TPSA) is 37.3 Å². The molecular formula is C13H17ClO2. The van der Waals surface area contributed by atoms with Crippen LogP contribution in [0.4, 0.5) is 0 Å². The van der Waals surface area contributed by atoms with Crippen LogP contribution in [0.25, 0.3) is 0 Å². The zero-order valence-electron chi connectivity index (χ0n) is 9.83. The lowest BCUT2D eigenvalue weighted by Crippen LogP contribution is -1.99. The van der Waals surface area contributed by atoms with Crippen LogP contribution in [0.3, 0.4) is 0 Å². The number of aromatic hydroxyl groups is 1. The average Bonchev–Trinajstić information content (AvgIpc) is 2.20. The monoisotopic (exact) mass is 240 g/mol. The maximum atomic E-state index is 10.5. The Hall–Kier alpha value is -1.02. The number of rotatable bonds is 4. The van der Waals surface area contributed by atoms with E-state index in [0.717, 1.165) is 17.4 Å². The third kappa shape index (κ3) is 2.76. The standard InChI is InChI=1S/C13H17ClO2/c1-8(2)11-6-10(14)7-12(13(11)16)9(3)4-5-15/h5-9,16H,4H2,1-3H3. The van der Waals surface area contributed by atoms with E-state index in [4.69, 9.17) is 11.6 Å². The molecular weight excluding hydrogens is 224 g/mol. The molecule has 88 valence electrons. The molecule has 1 atom stereocenters. The molecule has 1 unspecified atom stereocenters. The summed E-state index contributed by atoms with van der Waals surface area (Å²) in [5.74, 6) is 0.475. The highest BCUT2D eigenvalue weighted by Gasteiger charge is 2.16. The van der Waals surface area contributed by atoms with Gasteiger partial charge in [-0.2, -0.15) is 0 Å². The molecule has 0 spiro atoms. The molecule has 0 aliphatic carbocycles. The second-order valence-corrected chi connectivity index (χ2v) is 4.83. The first-order valence-electron chi connectivity index (χ1n) is 5.43. The van der Waals surface area contributed by atoms with Gasteiger partial charge in [0, 0.05) is 11.4 Å². The van der Waals surface area contributed by atoms with Crippen molar-refractivity contribution in [3.8, 4) is 5.75 Å². The van der Waals surface area contributed by atoms with Crippen LogP contribution in [-0.2, 0) is 4.79 Å². The highest BCUT2D eigenvalue weighted by molar-refractivity contribution is 6.30. The lowest BCUT2D eigenvalue weighted by Gasteiger charge is -2.16. The van der Waals surface area contributed by atoms with Gasteiger partial charge in [-0.3, -0.25) is 0 Å². The number of carbonyl (C=O) groups is 1. The summed E-state index contributed by atoms with van der Waals surface area (Å²) in [6.45, 7) is 5.91. The summed E-state index contributed by atoms with van der Waals surface area (Å²) in [4.78, 5) is 10.5. The number of carbonyl (C=O) groups excluding carboxylic acids is 1. The molecule has 0 saturated heterocycles. The highest BCUT2D eigenvalue weighted by Crippen LogP contribution is 2.37. The number of aldehydes is 1. The summed E-state index contributed by atoms with van der Waals surface area (Å²) < 4.78 is 0. The lowest BCUT2D eigenvalue weighted by molar-refractivity contribution is -0.108. The van der Waals surface area contributed by atoms with Crippen LogP contribution < -0.4 is 0 Å². The first kappa shape index (κ1) is 13.0. The molecule has 1 N–H and O–H groups in total. The SMILES string of the molecule is CC(C)c1cc(Cl)cc(C(C)CC=O)c1O. The van der Waals surface area contributed by atoms with Gasteiger partial charge in [0.2, 0.25) is 0 Å². The maximum Gasteiger partial charge on any atom is 0.122 e. The first-order valence-corrected chi connectivity index (χ1v) is 5.81. The van der Waals surface area contributed by atoms with Crippen LogP contribution >= 0.6 is 11.6 Å². The van der Waals surface area contributed by atoms with Gasteiger partial charge in [0.1, 0.15) is 12.0 Å². The Labute approximate surface area is 101 Å². The van der Waals surface area contributed by atoms with Gasteiger partial charge in [-0.25, -0.2) is 0 Å². The van der Waals surface area contributed by atoms with Gasteiger partial charge in [-0.15, -0.1) is 0 Å². The molecule has 1 aromatic carbocycles. The minimum Gasteiger partial charge on any atom is -0.507 e. The summed E-state index contributed by atoms with van der Waals surface area (Å²) in [5, 5.41) is 10.7. The number of hydrogen-bond donors (Lipinski definition) is 1. The van der Waals surface area contributed by atoms with E-state index in [-0.39, 0.29) is 17.6 Å². The van der Waals surface area contributed by atoms with E-state index in [1.165, 1.54) is 0 Å². The van der Waals surface area contributed by atoms with Gasteiger partial charge in [0.15, 0.2) is 0 Å². The minimum atomic E-state index is -0.00583. The van der Waals surface area contributed by atoms with Crippen molar-refractivity contribution in [2.75, 3.05) is 0 Å². The Balaban J connectivity index is 3.23. The molecule has 0 amide bonds. The van der Waals surface area contributed by atoms with E-state index in [9.17, 15) is 9.90 Å². The predicted molar refractivity (Wildman–Crippen MR) is 66.3 cm³/mol. The molecule has 16 heavy (non-hydrogen) atoms. The quantitative estimate of drug-likeness (QED) is 0.812. The zero-order valence-corrected chi connectivity index (χ0v) is 10.6. The molecule has 0 fully saturated rings. The summed E-state index contributed by atoms with van der Waals surface area (Å²) in [6.07, 6.45) is 1.26. The van der Waals surface area contributed by atoms with Gasteiger partial charge in [0.25, 0.3) is 0 Å². The minimum absolute atomic E-state index is 0.00583. The summed E-state index contributed by atoms with van der Waals surface area (Å²) in [6, 6.07) is 3.51. The van der Waals surface area contributed by atoms with Gasteiger partial charge in [-0.1, -0.05) is 32.4 Å². The summed E-state index contributed by atoms with van der Waals surface area (Å²) in [7, 11) is 0. The molecule has 0 radical (unpaired) electrons. The normalized spacial score (nSPS) is 12.8. The highest BCUT2D eigenvalue weighted by atomic mass is 35.5. The molecule has 2 nitrogen and oxygen atoms in total. The van der Waals surface area contributed by atoms with E-state index < -0.39 is 0 Å². The molecule has 0 heterocycles. The van der Waals surface area contributed by atoms with Crippen molar-refractivity contribution in [2.24, 2.45) is 0 Å². The van der Waals surface area contributed by atoms with Gasteiger partial charge < -0.3 is 9.90 Å². The smallest absolute Gasteiger partial charge is 0.122 e. The maximum absolute atomic E-state index is 10.5. The number of phenolic OH excluding ortho intramolecular Hbond substituents is 1. The molecule has 0 bridgehead atoms. The molecule has 0 aromatic heterocycles. The van der Waals surface area contributed by atoms with E-state index in [2.05, 4.69) is 0 Å². The summed E-state index contributed by atoms with van der Waals surface area (Å²) >= 11 is 6.01. The zero-order chi connectivity index (χ0) is 12.3. The van der Waals surface area contributed by atoms with Gasteiger partial charge in [-0.05, 0) is 35.1 Å². The van der Waals surface area contributed by atoms with E-state index in [0.29, 0.717) is 11.4 Å². The van der Waals surface area contributed by atoms with Crippen molar-refractivity contribution >= 4 is 17.9 Å². The number of benzene rings is 1. The van der Waals surface area contributed by atoms with E-state index in [1.807, 2.05) is 20.8 Å². The molecule has 0 aliphatic heterocycles. The van der Waals surface area contributed by atoms with Gasteiger partial charge >= 0.3 is 0 Å². The lowest BCUT2D eigenvalue weighted by atomic mass is 9.92. The van der Waals surface area contributed by atoms with Gasteiger partial charge in [0.05, 0.1) is 0 Å². The Morgan fingerprint density at radius 2 is 1.88 bits per heavy atom. The van der Waals surface area contributed by atoms with Crippen molar-refractivity contribution in [1.82, 2.24) is 0 Å². The predicted octanol–water partition coefficient (Wildman–Crippen LogP) is 3.86. The largest absolute Gasteiger partial charge is 0.507 e. The van der Waals surface area contributed by atoms with Crippen molar-refractivity contribution < 1.29 is 9.90 Å². The number of phenols is 1. The Morgan fingerprint density at radius 1 is 1.31 bits per heavy atom. The number of hydrogen-bond acceptors (Lipinski definition) is 2. The number of halogens is 1. The molecule has 1 rings (SSSR count). The van der Waals surface area contributed by atoms with Crippen LogP contribution in [0.1, 0.15) is 50.2 Å². The first-order chi connectivity index (χ1) is 7.47. The molecule has 0 aliphatic rings. The van der Waals surface area contributed by atoms with Crippen LogP contribution in [0, 0.1) is 0 Å². The van der Waals surface area contributed by atoms with E-state index in [1.54, 1.807) is 12.1 Å². The summed E-state index contributed by atoms with van der Waals surface area (Å²) in [5.41, 5.74) is 1.59. The van der Waals surface area contributed by atoms with Crippen LogP contribution in [0.2, 0.25) is 5.02 Å². The van der Waals surface area contributed by atoms with Crippen molar-refractivity contribution in [3.63, 3.8) is 0 Å². The van der Waals surface area contributed by atoms with E-state index >= 15 is 0 Å². The van der Waals surface area contributed by atoms with Crippen molar-refractivity contribution in [1.29, 1.82) is 0 Å². The van der Waals surface area contributed by atoms with Crippen molar-refractivity contribution in [2.45, 2.75) is 39.0 Å². The fourth-order valence-electron chi connectivity index (χ4n) is 1.73. The van der Waals surface area contributed by atoms with Crippen LogP contribution in [0.15, 0.2) is 12.1 Å². The Morgan fingerprint density at radius 3 is 2.38 bits per heavy atom. The Kier molecular flexibility index (Phi) is 4.36. The Bertz CT molecular complexity index is 386. The second-order valence-electron chi connectivity index (χ2n) is 4.39. The molecule has 1 aromatic rings. The van der Waals surface area contributed by atoms with Crippen molar-refractivity contribution in [3.05, 3.63) is 28.3 Å². The van der Waals surface area contributed by atoms with Crippen LogP contribution in [0.5, 0.6) is 5.75 Å². The average molecular weight is 241 g/mol. The third-order valence-corrected chi connectivity index (χ3v) is 2.95.